The fourth-order valence-electron chi connectivity index (χ4n) is 1.03. The molecule has 2 N–H and O–H groups in total. The van der Waals surface area contributed by atoms with Crippen molar-refractivity contribution in [1.29, 1.82) is 0 Å². The van der Waals surface area contributed by atoms with Crippen LogP contribution in [0, 0.1) is 0 Å². The number of aliphatic hydroxyl groups is 2. The van der Waals surface area contributed by atoms with Gasteiger partial charge in [0.1, 0.15) is 0 Å². The highest BCUT2D eigenvalue weighted by Gasteiger charge is 1.90. The minimum absolute atomic E-state index is 0.125. The molecule has 0 aliphatic heterocycles. The third-order valence-corrected chi connectivity index (χ3v) is 2.13. The van der Waals surface area contributed by atoms with E-state index in [0.717, 1.165) is 26.1 Å². The molecule has 0 spiro atoms. The highest BCUT2D eigenvalue weighted by molar-refractivity contribution is 4.36. The quantitative estimate of drug-likeness (QED) is 0.502. The van der Waals surface area contributed by atoms with Gasteiger partial charge in [-0.1, -0.05) is 26.7 Å². The number of unbranched alkanes of at least 4 members (excludes halogenated alkanes) is 2. The minimum atomic E-state index is -0.125. The van der Waals surface area contributed by atoms with E-state index in [1.54, 1.807) is 0 Å². The van der Waals surface area contributed by atoms with Crippen molar-refractivity contribution in [2.75, 3.05) is 52.9 Å². The Morgan fingerprint density at radius 1 is 0.579 bits per heavy atom. The highest BCUT2D eigenvalue weighted by atomic mass is 16.5. The Morgan fingerprint density at radius 2 is 0.895 bits per heavy atom. The lowest BCUT2D eigenvalue weighted by Gasteiger charge is -2.06. The van der Waals surface area contributed by atoms with Crippen LogP contribution in [0.1, 0.15) is 39.5 Å². The second kappa shape index (κ2) is 22.9. The third kappa shape index (κ3) is 27.1. The van der Waals surface area contributed by atoms with E-state index in [4.69, 9.17) is 24.4 Å². The van der Waals surface area contributed by atoms with E-state index in [-0.39, 0.29) is 13.2 Å². The molecule has 0 bridgehead atoms. The zero-order chi connectivity index (χ0) is 14.6. The summed E-state index contributed by atoms with van der Waals surface area (Å²) in [5, 5.41) is 15.2. The van der Waals surface area contributed by atoms with Crippen LogP contribution in [0.4, 0.5) is 0 Å². The first-order chi connectivity index (χ1) is 9.33. The smallest absolute Gasteiger partial charge is 0.0701 e. The SMILES string of the molecule is CCCCOCCOCCOCCCC.OCCO. The van der Waals surface area contributed by atoms with Crippen LogP contribution in [0.5, 0.6) is 0 Å². The van der Waals surface area contributed by atoms with Gasteiger partial charge in [0.15, 0.2) is 0 Å². The van der Waals surface area contributed by atoms with E-state index in [1.807, 2.05) is 0 Å². The third-order valence-electron chi connectivity index (χ3n) is 2.13. The summed E-state index contributed by atoms with van der Waals surface area (Å²) < 4.78 is 16.1. The lowest BCUT2D eigenvalue weighted by molar-refractivity contribution is 0.0136. The predicted molar refractivity (Wildman–Crippen MR) is 76.4 cm³/mol. The highest BCUT2D eigenvalue weighted by Crippen LogP contribution is 1.89. The second-order valence-electron chi connectivity index (χ2n) is 3.99. The summed E-state index contributed by atoms with van der Waals surface area (Å²) in [7, 11) is 0. The van der Waals surface area contributed by atoms with Gasteiger partial charge in [-0.15, -0.1) is 0 Å². The van der Waals surface area contributed by atoms with Gasteiger partial charge in [0.2, 0.25) is 0 Å². The summed E-state index contributed by atoms with van der Waals surface area (Å²) in [6.07, 6.45) is 4.65. The zero-order valence-electron chi connectivity index (χ0n) is 12.6. The number of hydrogen-bond acceptors (Lipinski definition) is 5. The standard InChI is InChI=1S/C12H26O3.C2H6O2/c1-3-5-7-13-9-11-15-12-10-14-8-6-4-2;3-1-2-4/h3-12H2,1-2H3;3-4H,1-2H2. The van der Waals surface area contributed by atoms with E-state index in [1.165, 1.54) is 12.8 Å². The molecule has 0 aliphatic rings. The predicted octanol–water partition coefficient (Wildman–Crippen LogP) is 1.61. The van der Waals surface area contributed by atoms with Crippen LogP contribution in [0.3, 0.4) is 0 Å². The Bertz CT molecular complexity index is 119. The fraction of sp³-hybridized carbons (Fsp3) is 1.00. The Labute approximate surface area is 117 Å². The van der Waals surface area contributed by atoms with E-state index in [0.29, 0.717) is 26.4 Å². The maximum atomic E-state index is 7.62. The normalized spacial score (nSPS) is 10.1. The molecule has 0 aliphatic carbocycles. The summed E-state index contributed by atoms with van der Waals surface area (Å²) >= 11 is 0. The van der Waals surface area contributed by atoms with Crippen molar-refractivity contribution in [1.82, 2.24) is 0 Å². The molecular formula is C14H32O5. The average Bonchev–Trinajstić information content (AvgIpc) is 2.45. The molecule has 0 unspecified atom stereocenters. The largest absolute Gasteiger partial charge is 0.394 e. The van der Waals surface area contributed by atoms with Crippen LogP contribution in [-0.2, 0) is 14.2 Å². The van der Waals surface area contributed by atoms with Gasteiger partial charge < -0.3 is 24.4 Å². The summed E-state index contributed by atoms with van der Waals surface area (Å²) in [4.78, 5) is 0. The molecule has 0 aromatic heterocycles. The minimum Gasteiger partial charge on any atom is -0.394 e. The van der Waals surface area contributed by atoms with Gasteiger partial charge in [-0.2, -0.15) is 0 Å². The Hall–Kier alpha value is -0.200. The number of aliphatic hydroxyl groups excluding tert-OH is 2. The molecule has 0 saturated heterocycles. The Morgan fingerprint density at radius 3 is 1.16 bits per heavy atom. The lowest BCUT2D eigenvalue weighted by Crippen LogP contribution is -2.10. The van der Waals surface area contributed by atoms with Crippen molar-refractivity contribution in [3.63, 3.8) is 0 Å². The first-order valence-corrected chi connectivity index (χ1v) is 7.28. The zero-order valence-corrected chi connectivity index (χ0v) is 12.6. The lowest BCUT2D eigenvalue weighted by atomic mass is 10.4. The molecular weight excluding hydrogens is 248 g/mol. The molecule has 0 amide bonds. The molecule has 0 aromatic rings. The topological polar surface area (TPSA) is 68.2 Å². The van der Waals surface area contributed by atoms with E-state index in [9.17, 15) is 0 Å². The van der Waals surface area contributed by atoms with Crippen molar-refractivity contribution in [2.24, 2.45) is 0 Å². The van der Waals surface area contributed by atoms with Gasteiger partial charge >= 0.3 is 0 Å². The summed E-state index contributed by atoms with van der Waals surface area (Å²) in [6.45, 7) is 8.55. The molecule has 5 heteroatoms. The maximum absolute atomic E-state index is 7.62. The first-order valence-electron chi connectivity index (χ1n) is 7.28. The van der Waals surface area contributed by atoms with E-state index >= 15 is 0 Å². The molecule has 0 fully saturated rings. The molecule has 0 atom stereocenters. The van der Waals surface area contributed by atoms with Gasteiger partial charge in [0, 0.05) is 13.2 Å². The van der Waals surface area contributed by atoms with Crippen LogP contribution in [0.2, 0.25) is 0 Å². The molecule has 0 saturated carbocycles. The van der Waals surface area contributed by atoms with Crippen molar-refractivity contribution >= 4 is 0 Å². The number of hydrogen-bond donors (Lipinski definition) is 2. The molecule has 0 rings (SSSR count). The van der Waals surface area contributed by atoms with Crippen molar-refractivity contribution in [3.05, 3.63) is 0 Å². The molecule has 0 aromatic carbocycles. The van der Waals surface area contributed by atoms with Crippen LogP contribution >= 0.6 is 0 Å². The first kappa shape index (κ1) is 21.1. The van der Waals surface area contributed by atoms with Gasteiger partial charge in [-0.25, -0.2) is 0 Å². The summed E-state index contributed by atoms with van der Waals surface area (Å²) in [6, 6.07) is 0. The molecule has 0 radical (unpaired) electrons. The maximum Gasteiger partial charge on any atom is 0.0701 e. The Kier molecular flexibility index (Phi) is 25.5. The van der Waals surface area contributed by atoms with E-state index in [2.05, 4.69) is 13.8 Å². The molecule has 5 nitrogen and oxygen atoms in total. The van der Waals surface area contributed by atoms with Crippen LogP contribution in [-0.4, -0.2) is 63.1 Å². The molecule has 118 valence electrons. The number of ether oxygens (including phenoxy) is 3. The van der Waals surface area contributed by atoms with Crippen LogP contribution in [0.25, 0.3) is 0 Å². The van der Waals surface area contributed by atoms with Crippen molar-refractivity contribution in [2.45, 2.75) is 39.5 Å². The van der Waals surface area contributed by atoms with Crippen LogP contribution in [0.15, 0.2) is 0 Å². The van der Waals surface area contributed by atoms with Gasteiger partial charge in [-0.3, -0.25) is 0 Å². The number of rotatable bonds is 13. The van der Waals surface area contributed by atoms with Crippen molar-refractivity contribution < 1.29 is 24.4 Å². The second-order valence-corrected chi connectivity index (χ2v) is 3.99. The van der Waals surface area contributed by atoms with Crippen molar-refractivity contribution in [3.8, 4) is 0 Å². The van der Waals surface area contributed by atoms with Gasteiger partial charge in [-0.05, 0) is 12.8 Å². The Balaban J connectivity index is 0. The monoisotopic (exact) mass is 280 g/mol. The van der Waals surface area contributed by atoms with Gasteiger partial charge in [0.25, 0.3) is 0 Å². The molecule has 0 heterocycles. The fourth-order valence-corrected chi connectivity index (χ4v) is 1.03. The summed E-state index contributed by atoms with van der Waals surface area (Å²) in [5.41, 5.74) is 0. The van der Waals surface area contributed by atoms with Gasteiger partial charge in [0.05, 0.1) is 39.6 Å². The summed E-state index contributed by atoms with van der Waals surface area (Å²) in [5.74, 6) is 0. The van der Waals surface area contributed by atoms with E-state index < -0.39 is 0 Å². The average molecular weight is 280 g/mol. The van der Waals surface area contributed by atoms with Crippen LogP contribution < -0.4 is 0 Å². The molecule has 19 heavy (non-hydrogen) atoms.